The molecule has 2 rings (SSSR count). The summed E-state index contributed by atoms with van der Waals surface area (Å²) in [7, 11) is 0. The molecule has 0 radical (unpaired) electrons. The van der Waals surface area contributed by atoms with Crippen LogP contribution in [0.1, 0.15) is 47.5 Å². The van der Waals surface area contributed by atoms with Crippen molar-refractivity contribution in [3.63, 3.8) is 0 Å². The second kappa shape index (κ2) is 6.77. The summed E-state index contributed by atoms with van der Waals surface area (Å²) < 4.78 is 0. The molecule has 1 saturated carbocycles. The quantitative estimate of drug-likeness (QED) is 0.799. The third-order valence-corrected chi connectivity index (χ3v) is 4.27. The standard InChI is InChI=1S/C16H22N2O2/c17-9-15(19)13-5-1-11(2-6-13)12-3-7-14(8-4-12)16(20)10-18/h1-2,5-6,12,14H,3-4,7-10,17-18H2. The lowest BCUT2D eigenvalue weighted by Crippen LogP contribution is -2.26. The molecule has 1 aromatic rings. The lowest BCUT2D eigenvalue weighted by molar-refractivity contribution is -0.122. The number of rotatable bonds is 5. The lowest BCUT2D eigenvalue weighted by Gasteiger charge is -2.27. The minimum atomic E-state index is -0.0335. The Hall–Kier alpha value is -1.52. The fourth-order valence-corrected chi connectivity index (χ4v) is 2.97. The summed E-state index contributed by atoms with van der Waals surface area (Å²) >= 11 is 0. The molecule has 4 N–H and O–H groups in total. The summed E-state index contributed by atoms with van der Waals surface area (Å²) in [6, 6.07) is 7.72. The van der Waals surface area contributed by atoms with Crippen LogP contribution in [0.5, 0.6) is 0 Å². The Morgan fingerprint density at radius 3 is 2.05 bits per heavy atom. The van der Waals surface area contributed by atoms with Gasteiger partial charge in [0.1, 0.15) is 5.78 Å². The Morgan fingerprint density at radius 1 is 0.950 bits per heavy atom. The molecule has 0 aliphatic heterocycles. The zero-order valence-corrected chi connectivity index (χ0v) is 11.7. The monoisotopic (exact) mass is 274 g/mol. The van der Waals surface area contributed by atoms with Crippen molar-refractivity contribution in [3.05, 3.63) is 35.4 Å². The van der Waals surface area contributed by atoms with Crippen molar-refractivity contribution in [2.75, 3.05) is 13.1 Å². The SMILES string of the molecule is NCC(=O)c1ccc(C2CCC(C(=O)CN)CC2)cc1. The van der Waals surface area contributed by atoms with Gasteiger partial charge in [0.05, 0.1) is 13.1 Å². The van der Waals surface area contributed by atoms with Crippen molar-refractivity contribution in [2.45, 2.75) is 31.6 Å². The first-order chi connectivity index (χ1) is 9.65. The van der Waals surface area contributed by atoms with Crippen LogP contribution in [0.2, 0.25) is 0 Å². The number of ketones is 2. The van der Waals surface area contributed by atoms with Crippen LogP contribution in [0.3, 0.4) is 0 Å². The number of hydrogen-bond acceptors (Lipinski definition) is 4. The summed E-state index contributed by atoms with van der Waals surface area (Å²) in [4.78, 5) is 23.1. The first kappa shape index (κ1) is 14.9. The molecule has 0 aromatic heterocycles. The lowest BCUT2D eigenvalue weighted by atomic mass is 9.77. The second-order valence-corrected chi connectivity index (χ2v) is 5.47. The molecule has 1 aliphatic rings. The maximum atomic E-state index is 11.6. The molecule has 0 bridgehead atoms. The van der Waals surface area contributed by atoms with Crippen LogP contribution in [0.4, 0.5) is 0 Å². The van der Waals surface area contributed by atoms with Gasteiger partial charge < -0.3 is 11.5 Å². The van der Waals surface area contributed by atoms with Crippen molar-refractivity contribution >= 4 is 11.6 Å². The zero-order chi connectivity index (χ0) is 14.5. The molecule has 0 saturated heterocycles. The van der Waals surface area contributed by atoms with Crippen LogP contribution in [-0.4, -0.2) is 24.7 Å². The van der Waals surface area contributed by atoms with Gasteiger partial charge in [0.25, 0.3) is 0 Å². The average Bonchev–Trinajstić information content (AvgIpc) is 2.53. The summed E-state index contributed by atoms with van der Waals surface area (Å²) in [6.07, 6.45) is 3.87. The van der Waals surface area contributed by atoms with Gasteiger partial charge in [-0.3, -0.25) is 9.59 Å². The Kier molecular flexibility index (Phi) is 5.04. The van der Waals surface area contributed by atoms with E-state index < -0.39 is 0 Å². The van der Waals surface area contributed by atoms with Crippen molar-refractivity contribution < 1.29 is 9.59 Å². The molecule has 0 unspecified atom stereocenters. The first-order valence-corrected chi connectivity index (χ1v) is 7.21. The molecular formula is C16H22N2O2. The van der Waals surface area contributed by atoms with E-state index in [2.05, 4.69) is 0 Å². The van der Waals surface area contributed by atoms with Gasteiger partial charge in [-0.05, 0) is 37.2 Å². The number of benzene rings is 1. The van der Waals surface area contributed by atoms with Crippen LogP contribution < -0.4 is 11.5 Å². The van der Waals surface area contributed by atoms with E-state index in [1.165, 1.54) is 5.56 Å². The highest BCUT2D eigenvalue weighted by molar-refractivity contribution is 5.97. The van der Waals surface area contributed by atoms with E-state index in [0.717, 1.165) is 25.7 Å². The Bertz CT molecular complexity index is 474. The van der Waals surface area contributed by atoms with E-state index in [1.54, 1.807) is 0 Å². The number of carbonyl (C=O) groups excluding carboxylic acids is 2. The third kappa shape index (κ3) is 3.32. The van der Waals surface area contributed by atoms with E-state index in [-0.39, 0.29) is 30.6 Å². The largest absolute Gasteiger partial charge is 0.324 e. The smallest absolute Gasteiger partial charge is 0.176 e. The van der Waals surface area contributed by atoms with Gasteiger partial charge in [-0.25, -0.2) is 0 Å². The molecule has 0 amide bonds. The van der Waals surface area contributed by atoms with Crippen LogP contribution >= 0.6 is 0 Å². The van der Waals surface area contributed by atoms with Gasteiger partial charge in [-0.15, -0.1) is 0 Å². The van der Waals surface area contributed by atoms with E-state index >= 15 is 0 Å². The highest BCUT2D eigenvalue weighted by Crippen LogP contribution is 2.36. The fraction of sp³-hybridized carbons (Fsp3) is 0.500. The zero-order valence-electron chi connectivity index (χ0n) is 11.7. The highest BCUT2D eigenvalue weighted by atomic mass is 16.1. The number of carbonyl (C=O) groups is 2. The molecule has 0 heterocycles. The molecule has 1 aromatic carbocycles. The number of Topliss-reactive ketones (excluding diaryl/α,β-unsaturated/α-hetero) is 2. The topological polar surface area (TPSA) is 86.2 Å². The molecule has 0 spiro atoms. The van der Waals surface area contributed by atoms with Crippen LogP contribution in [-0.2, 0) is 4.79 Å². The Morgan fingerprint density at radius 2 is 1.55 bits per heavy atom. The number of nitrogens with two attached hydrogens (primary N) is 2. The molecule has 108 valence electrons. The highest BCUT2D eigenvalue weighted by Gasteiger charge is 2.26. The summed E-state index contributed by atoms with van der Waals surface area (Å²) in [5.41, 5.74) is 12.7. The van der Waals surface area contributed by atoms with Crippen LogP contribution in [0.15, 0.2) is 24.3 Å². The second-order valence-electron chi connectivity index (χ2n) is 5.47. The molecular weight excluding hydrogens is 252 g/mol. The fourth-order valence-electron chi connectivity index (χ4n) is 2.97. The van der Waals surface area contributed by atoms with E-state index in [9.17, 15) is 9.59 Å². The van der Waals surface area contributed by atoms with Gasteiger partial charge >= 0.3 is 0 Å². The minimum Gasteiger partial charge on any atom is -0.324 e. The Balaban J connectivity index is 1.97. The van der Waals surface area contributed by atoms with E-state index in [4.69, 9.17) is 11.5 Å². The molecule has 4 heteroatoms. The molecule has 1 aliphatic carbocycles. The van der Waals surface area contributed by atoms with Gasteiger partial charge in [-0.2, -0.15) is 0 Å². The molecule has 1 fully saturated rings. The van der Waals surface area contributed by atoms with Gasteiger partial charge in [-0.1, -0.05) is 24.3 Å². The predicted molar refractivity (Wildman–Crippen MR) is 78.6 cm³/mol. The summed E-state index contributed by atoms with van der Waals surface area (Å²) in [5, 5.41) is 0. The van der Waals surface area contributed by atoms with E-state index in [1.807, 2.05) is 24.3 Å². The predicted octanol–water partition coefficient (Wildman–Crippen LogP) is 1.63. The maximum absolute atomic E-state index is 11.6. The van der Waals surface area contributed by atoms with E-state index in [0.29, 0.717) is 11.5 Å². The Labute approximate surface area is 119 Å². The van der Waals surface area contributed by atoms with Gasteiger partial charge in [0.15, 0.2) is 5.78 Å². The molecule has 4 nitrogen and oxygen atoms in total. The maximum Gasteiger partial charge on any atom is 0.176 e. The van der Waals surface area contributed by atoms with Gasteiger partial charge in [0, 0.05) is 11.5 Å². The van der Waals surface area contributed by atoms with Crippen molar-refractivity contribution in [1.29, 1.82) is 0 Å². The minimum absolute atomic E-state index is 0.0335. The molecule has 20 heavy (non-hydrogen) atoms. The first-order valence-electron chi connectivity index (χ1n) is 7.21. The summed E-state index contributed by atoms with van der Waals surface area (Å²) in [6.45, 7) is 0.205. The van der Waals surface area contributed by atoms with Gasteiger partial charge in [0.2, 0.25) is 0 Å². The van der Waals surface area contributed by atoms with Crippen molar-refractivity contribution in [1.82, 2.24) is 0 Å². The summed E-state index contributed by atoms with van der Waals surface area (Å²) in [5.74, 6) is 0.786. The molecule has 0 atom stereocenters. The third-order valence-electron chi connectivity index (χ3n) is 4.27. The van der Waals surface area contributed by atoms with Crippen molar-refractivity contribution in [3.8, 4) is 0 Å². The normalized spacial score (nSPS) is 22.5. The van der Waals surface area contributed by atoms with Crippen LogP contribution in [0, 0.1) is 5.92 Å². The van der Waals surface area contributed by atoms with Crippen molar-refractivity contribution in [2.24, 2.45) is 17.4 Å². The average molecular weight is 274 g/mol. The number of hydrogen-bond donors (Lipinski definition) is 2. The van der Waals surface area contributed by atoms with Crippen LogP contribution in [0.25, 0.3) is 0 Å².